The second-order valence-corrected chi connectivity index (χ2v) is 5.85. The SMILES string of the molecule is Cn1ccnc1Cc1ccc(CC2CCNCC2)cc1. The van der Waals surface area contributed by atoms with Crippen LogP contribution in [-0.2, 0) is 19.9 Å². The lowest BCUT2D eigenvalue weighted by Gasteiger charge is -2.22. The van der Waals surface area contributed by atoms with Crippen LogP contribution in [-0.4, -0.2) is 22.6 Å². The van der Waals surface area contributed by atoms with Gasteiger partial charge in [-0.2, -0.15) is 0 Å². The molecule has 3 rings (SSSR count). The average Bonchev–Trinajstić information content (AvgIpc) is 2.88. The van der Waals surface area contributed by atoms with Crippen molar-refractivity contribution in [1.29, 1.82) is 0 Å². The minimum atomic E-state index is 0.858. The highest BCUT2D eigenvalue weighted by molar-refractivity contribution is 5.25. The van der Waals surface area contributed by atoms with Gasteiger partial charge < -0.3 is 9.88 Å². The lowest BCUT2D eigenvalue weighted by Crippen LogP contribution is -2.28. The number of nitrogens with zero attached hydrogens (tertiary/aromatic N) is 2. The fourth-order valence-electron chi connectivity index (χ4n) is 2.96. The molecule has 2 heterocycles. The maximum Gasteiger partial charge on any atom is 0.112 e. The van der Waals surface area contributed by atoms with E-state index < -0.39 is 0 Å². The van der Waals surface area contributed by atoms with Crippen LogP contribution in [0.2, 0.25) is 0 Å². The van der Waals surface area contributed by atoms with E-state index in [0.29, 0.717) is 0 Å². The van der Waals surface area contributed by atoms with Gasteiger partial charge in [0.25, 0.3) is 0 Å². The van der Waals surface area contributed by atoms with E-state index in [2.05, 4.69) is 39.1 Å². The average molecular weight is 269 g/mol. The number of piperidine rings is 1. The first-order valence-electron chi connectivity index (χ1n) is 7.56. The summed E-state index contributed by atoms with van der Waals surface area (Å²) in [5, 5.41) is 3.43. The first-order valence-corrected chi connectivity index (χ1v) is 7.56. The third-order valence-corrected chi connectivity index (χ3v) is 4.29. The zero-order valence-corrected chi connectivity index (χ0v) is 12.2. The highest BCUT2D eigenvalue weighted by Crippen LogP contribution is 2.19. The summed E-state index contributed by atoms with van der Waals surface area (Å²) < 4.78 is 2.09. The molecule has 1 fully saturated rings. The van der Waals surface area contributed by atoms with Gasteiger partial charge in [0.05, 0.1) is 0 Å². The Kier molecular flexibility index (Phi) is 4.16. The van der Waals surface area contributed by atoms with E-state index in [1.165, 1.54) is 43.5 Å². The van der Waals surface area contributed by atoms with Crippen LogP contribution < -0.4 is 5.32 Å². The standard InChI is InChI=1S/C17H23N3/c1-20-11-10-19-17(20)13-15-4-2-14(3-5-15)12-16-6-8-18-9-7-16/h2-5,10-11,16,18H,6-9,12-13H2,1H3. The first kappa shape index (κ1) is 13.4. The van der Waals surface area contributed by atoms with Crippen LogP contribution in [0.25, 0.3) is 0 Å². The summed E-state index contributed by atoms with van der Waals surface area (Å²) >= 11 is 0. The van der Waals surface area contributed by atoms with E-state index in [9.17, 15) is 0 Å². The van der Waals surface area contributed by atoms with Gasteiger partial charge in [-0.05, 0) is 49.4 Å². The van der Waals surface area contributed by atoms with Crippen molar-refractivity contribution >= 4 is 0 Å². The maximum atomic E-state index is 4.38. The van der Waals surface area contributed by atoms with Crippen molar-refractivity contribution in [3.05, 3.63) is 53.6 Å². The molecule has 1 aliphatic rings. The van der Waals surface area contributed by atoms with Crippen molar-refractivity contribution in [1.82, 2.24) is 14.9 Å². The van der Waals surface area contributed by atoms with Gasteiger partial charge in [0, 0.05) is 25.9 Å². The summed E-state index contributed by atoms with van der Waals surface area (Å²) in [5.74, 6) is 1.98. The van der Waals surface area contributed by atoms with Crippen LogP contribution in [0, 0.1) is 5.92 Å². The molecule has 106 valence electrons. The summed E-state index contributed by atoms with van der Waals surface area (Å²) in [6, 6.07) is 9.09. The smallest absolute Gasteiger partial charge is 0.112 e. The Labute approximate surface area is 121 Å². The van der Waals surface area contributed by atoms with Crippen LogP contribution in [0.3, 0.4) is 0 Å². The van der Waals surface area contributed by atoms with Gasteiger partial charge in [0.15, 0.2) is 0 Å². The van der Waals surface area contributed by atoms with Crippen LogP contribution in [0.4, 0.5) is 0 Å². The van der Waals surface area contributed by atoms with Crippen molar-refractivity contribution in [3.63, 3.8) is 0 Å². The minimum Gasteiger partial charge on any atom is -0.338 e. The number of benzene rings is 1. The number of imidazole rings is 1. The zero-order chi connectivity index (χ0) is 13.8. The number of aromatic nitrogens is 2. The number of hydrogen-bond acceptors (Lipinski definition) is 2. The quantitative estimate of drug-likeness (QED) is 0.924. The first-order chi connectivity index (χ1) is 9.81. The van der Waals surface area contributed by atoms with E-state index >= 15 is 0 Å². The monoisotopic (exact) mass is 269 g/mol. The number of nitrogens with one attached hydrogen (secondary N) is 1. The van der Waals surface area contributed by atoms with Crippen LogP contribution in [0.15, 0.2) is 36.7 Å². The number of rotatable bonds is 4. The molecule has 20 heavy (non-hydrogen) atoms. The molecule has 1 saturated heterocycles. The van der Waals surface area contributed by atoms with Gasteiger partial charge in [0.1, 0.15) is 5.82 Å². The van der Waals surface area contributed by atoms with Crippen molar-refractivity contribution in [2.24, 2.45) is 13.0 Å². The fraction of sp³-hybridized carbons (Fsp3) is 0.471. The molecule has 0 radical (unpaired) electrons. The molecule has 1 aliphatic heterocycles. The second kappa shape index (κ2) is 6.23. The molecule has 0 saturated carbocycles. The summed E-state index contributed by atoms with van der Waals surface area (Å²) in [5.41, 5.74) is 2.81. The van der Waals surface area contributed by atoms with Gasteiger partial charge in [-0.3, -0.25) is 0 Å². The predicted molar refractivity (Wildman–Crippen MR) is 81.8 cm³/mol. The molecule has 0 atom stereocenters. The Morgan fingerprint density at radius 3 is 2.50 bits per heavy atom. The molecular weight excluding hydrogens is 246 g/mol. The topological polar surface area (TPSA) is 29.9 Å². The molecule has 1 aromatic carbocycles. The summed E-state index contributed by atoms with van der Waals surface area (Å²) in [6.45, 7) is 2.36. The molecule has 0 aliphatic carbocycles. The molecule has 3 heteroatoms. The molecule has 0 bridgehead atoms. The van der Waals surface area contributed by atoms with E-state index in [4.69, 9.17) is 0 Å². The molecule has 1 aromatic heterocycles. The van der Waals surface area contributed by atoms with Gasteiger partial charge in [-0.1, -0.05) is 24.3 Å². The Bertz CT molecular complexity index is 536. The third kappa shape index (κ3) is 3.28. The fourth-order valence-corrected chi connectivity index (χ4v) is 2.96. The number of aryl methyl sites for hydroxylation is 1. The van der Waals surface area contributed by atoms with E-state index in [1.807, 2.05) is 19.4 Å². The Morgan fingerprint density at radius 2 is 1.85 bits per heavy atom. The number of hydrogen-bond donors (Lipinski definition) is 1. The normalized spacial score (nSPS) is 16.4. The summed E-state index contributed by atoms with van der Waals surface area (Å²) in [6.07, 6.45) is 8.63. The van der Waals surface area contributed by atoms with Gasteiger partial charge >= 0.3 is 0 Å². The summed E-state index contributed by atoms with van der Waals surface area (Å²) in [7, 11) is 2.05. The van der Waals surface area contributed by atoms with Gasteiger partial charge in [0.2, 0.25) is 0 Å². The van der Waals surface area contributed by atoms with E-state index in [-0.39, 0.29) is 0 Å². The Hall–Kier alpha value is -1.61. The highest BCUT2D eigenvalue weighted by atomic mass is 15.0. The third-order valence-electron chi connectivity index (χ3n) is 4.29. The summed E-state index contributed by atoms with van der Waals surface area (Å²) in [4.78, 5) is 4.38. The lowest BCUT2D eigenvalue weighted by molar-refractivity contribution is 0.372. The van der Waals surface area contributed by atoms with Crippen molar-refractivity contribution in [2.45, 2.75) is 25.7 Å². The molecule has 2 aromatic rings. The van der Waals surface area contributed by atoms with Crippen LogP contribution in [0.1, 0.15) is 29.8 Å². The van der Waals surface area contributed by atoms with Crippen molar-refractivity contribution < 1.29 is 0 Å². The molecule has 3 nitrogen and oxygen atoms in total. The van der Waals surface area contributed by atoms with Crippen molar-refractivity contribution in [3.8, 4) is 0 Å². The molecule has 0 spiro atoms. The molecule has 0 amide bonds. The van der Waals surface area contributed by atoms with Crippen molar-refractivity contribution in [2.75, 3.05) is 13.1 Å². The molecular formula is C17H23N3. The second-order valence-electron chi connectivity index (χ2n) is 5.85. The van der Waals surface area contributed by atoms with E-state index in [0.717, 1.165) is 18.2 Å². The zero-order valence-electron chi connectivity index (χ0n) is 12.2. The largest absolute Gasteiger partial charge is 0.338 e. The highest BCUT2D eigenvalue weighted by Gasteiger charge is 2.13. The van der Waals surface area contributed by atoms with E-state index in [1.54, 1.807) is 0 Å². The lowest BCUT2D eigenvalue weighted by atomic mass is 9.90. The van der Waals surface area contributed by atoms with Crippen LogP contribution >= 0.6 is 0 Å². The maximum absolute atomic E-state index is 4.38. The molecule has 0 unspecified atom stereocenters. The molecule has 1 N–H and O–H groups in total. The Morgan fingerprint density at radius 1 is 1.15 bits per heavy atom. The van der Waals surface area contributed by atoms with Gasteiger partial charge in [-0.25, -0.2) is 4.98 Å². The predicted octanol–water partition coefficient (Wildman–Crippen LogP) is 2.55. The minimum absolute atomic E-state index is 0.858. The Balaban J connectivity index is 1.61. The van der Waals surface area contributed by atoms with Crippen LogP contribution in [0.5, 0.6) is 0 Å². The van der Waals surface area contributed by atoms with Gasteiger partial charge in [-0.15, -0.1) is 0 Å².